The average Bonchev–Trinajstić information content (AvgIpc) is 2.45. The van der Waals surface area contributed by atoms with E-state index in [0.717, 1.165) is 4.90 Å². The van der Waals surface area contributed by atoms with Gasteiger partial charge in [-0.05, 0) is 36.9 Å². The smallest absolute Gasteiger partial charge is 0.251 e. The van der Waals surface area contributed by atoms with Crippen LogP contribution in [-0.2, 0) is 0 Å². The van der Waals surface area contributed by atoms with Crippen LogP contribution in [0.5, 0.6) is 0 Å². The first-order chi connectivity index (χ1) is 8.60. The van der Waals surface area contributed by atoms with Crippen LogP contribution in [0.4, 0.5) is 0 Å². The lowest BCUT2D eigenvalue weighted by Crippen LogP contribution is -2.51. The monoisotopic (exact) mass is 305 g/mol. The molecular formula is C13H17Cl2NOS. The van der Waals surface area contributed by atoms with Gasteiger partial charge in [0.15, 0.2) is 0 Å². The molecule has 1 aromatic carbocycles. The van der Waals surface area contributed by atoms with Crippen molar-refractivity contribution in [1.82, 2.24) is 5.32 Å². The summed E-state index contributed by atoms with van der Waals surface area (Å²) in [5.74, 6) is 0.481. The fraction of sp³-hybridized carbons (Fsp3) is 0.462. The summed E-state index contributed by atoms with van der Waals surface area (Å²) in [6.45, 7) is 1.96. The molecule has 0 atom stereocenters. The Balaban J connectivity index is 2.80. The van der Waals surface area contributed by atoms with Crippen LogP contribution in [0.3, 0.4) is 0 Å². The Labute approximate surface area is 122 Å². The predicted molar refractivity (Wildman–Crippen MR) is 80.2 cm³/mol. The molecule has 5 heteroatoms. The first-order valence-corrected chi connectivity index (χ1v) is 7.98. The second-order valence-corrected chi connectivity index (χ2v) is 5.50. The van der Waals surface area contributed by atoms with E-state index in [4.69, 9.17) is 23.2 Å². The molecule has 0 fully saturated rings. The zero-order valence-corrected chi connectivity index (χ0v) is 12.8. The maximum atomic E-state index is 12.1. The molecule has 0 heterocycles. The highest BCUT2D eigenvalue weighted by Gasteiger charge is 2.28. The Hall–Kier alpha value is -0.380. The first kappa shape index (κ1) is 15.7. The summed E-state index contributed by atoms with van der Waals surface area (Å²) in [6, 6.07) is 7.47. The lowest BCUT2D eigenvalue weighted by molar-refractivity contribution is 0.0913. The Morgan fingerprint density at radius 2 is 1.83 bits per heavy atom. The van der Waals surface area contributed by atoms with Gasteiger partial charge >= 0.3 is 0 Å². The van der Waals surface area contributed by atoms with E-state index in [0.29, 0.717) is 23.7 Å². The molecule has 0 spiro atoms. The van der Waals surface area contributed by atoms with Crippen LogP contribution in [0.15, 0.2) is 29.2 Å². The fourth-order valence-corrected chi connectivity index (χ4v) is 2.64. The molecule has 0 radical (unpaired) electrons. The van der Waals surface area contributed by atoms with E-state index >= 15 is 0 Å². The lowest BCUT2D eigenvalue weighted by Gasteiger charge is -2.29. The van der Waals surface area contributed by atoms with E-state index < -0.39 is 5.54 Å². The highest BCUT2D eigenvalue weighted by molar-refractivity contribution is 7.98. The lowest BCUT2D eigenvalue weighted by atomic mass is 10.0. The quantitative estimate of drug-likeness (QED) is 0.640. The van der Waals surface area contributed by atoms with Gasteiger partial charge in [-0.25, -0.2) is 0 Å². The number of halogens is 2. The van der Waals surface area contributed by atoms with Gasteiger partial charge in [-0.1, -0.05) is 6.92 Å². The molecule has 2 nitrogen and oxygen atoms in total. The van der Waals surface area contributed by atoms with Gasteiger partial charge in [0.05, 0.1) is 5.54 Å². The minimum atomic E-state index is -0.529. The number of thioether (sulfide) groups is 1. The second-order valence-electron chi connectivity index (χ2n) is 4.08. The molecule has 1 aromatic rings. The average molecular weight is 306 g/mol. The van der Waals surface area contributed by atoms with Crippen molar-refractivity contribution in [1.29, 1.82) is 0 Å². The molecule has 1 amide bonds. The van der Waals surface area contributed by atoms with Crippen molar-refractivity contribution in [3.05, 3.63) is 29.8 Å². The van der Waals surface area contributed by atoms with Gasteiger partial charge in [-0.15, -0.1) is 35.0 Å². The third-order valence-corrected chi connectivity index (χ3v) is 4.69. The van der Waals surface area contributed by atoms with Crippen LogP contribution in [0.1, 0.15) is 23.7 Å². The topological polar surface area (TPSA) is 29.1 Å². The van der Waals surface area contributed by atoms with E-state index in [9.17, 15) is 4.79 Å². The summed E-state index contributed by atoms with van der Waals surface area (Å²) in [5.41, 5.74) is 0.0964. The van der Waals surface area contributed by atoms with Crippen molar-refractivity contribution in [2.24, 2.45) is 0 Å². The van der Waals surface area contributed by atoms with Gasteiger partial charge in [0.1, 0.15) is 0 Å². The summed E-state index contributed by atoms with van der Waals surface area (Å²) in [6.07, 6.45) is 2.70. The molecule has 0 aliphatic rings. The van der Waals surface area contributed by atoms with Crippen molar-refractivity contribution >= 4 is 40.9 Å². The van der Waals surface area contributed by atoms with Crippen molar-refractivity contribution in [3.8, 4) is 0 Å². The van der Waals surface area contributed by atoms with Crippen molar-refractivity contribution in [3.63, 3.8) is 0 Å². The van der Waals surface area contributed by atoms with E-state index in [1.807, 2.05) is 37.4 Å². The molecule has 0 aliphatic carbocycles. The number of benzene rings is 1. The molecule has 18 heavy (non-hydrogen) atoms. The van der Waals surface area contributed by atoms with E-state index in [2.05, 4.69) is 5.32 Å². The number of hydrogen-bond donors (Lipinski definition) is 1. The number of alkyl halides is 2. The minimum Gasteiger partial charge on any atom is -0.344 e. The fourth-order valence-electron chi connectivity index (χ4n) is 1.44. The van der Waals surface area contributed by atoms with Crippen molar-refractivity contribution in [2.75, 3.05) is 18.0 Å². The summed E-state index contributed by atoms with van der Waals surface area (Å²) in [4.78, 5) is 13.2. The summed E-state index contributed by atoms with van der Waals surface area (Å²) >= 11 is 13.4. The number of carbonyl (C=O) groups is 1. The maximum Gasteiger partial charge on any atom is 0.251 e. The molecular weight excluding hydrogens is 289 g/mol. The van der Waals surface area contributed by atoms with E-state index in [1.54, 1.807) is 11.8 Å². The van der Waals surface area contributed by atoms with Crippen molar-refractivity contribution < 1.29 is 4.79 Å². The summed E-state index contributed by atoms with van der Waals surface area (Å²) in [5, 5.41) is 2.92. The molecule has 0 aliphatic heterocycles. The zero-order valence-electron chi connectivity index (χ0n) is 10.5. The molecule has 0 saturated heterocycles. The van der Waals surface area contributed by atoms with Gasteiger partial charge in [0.2, 0.25) is 0 Å². The van der Waals surface area contributed by atoms with Gasteiger partial charge in [0, 0.05) is 22.2 Å². The van der Waals surface area contributed by atoms with Crippen LogP contribution in [0, 0.1) is 0 Å². The van der Waals surface area contributed by atoms with E-state index in [1.165, 1.54) is 0 Å². The van der Waals surface area contributed by atoms with Gasteiger partial charge in [-0.3, -0.25) is 4.79 Å². The van der Waals surface area contributed by atoms with Gasteiger partial charge < -0.3 is 5.32 Å². The van der Waals surface area contributed by atoms with E-state index in [-0.39, 0.29) is 5.91 Å². The number of nitrogens with one attached hydrogen (secondary N) is 1. The standard InChI is InChI=1S/C13H17Cl2NOS/c1-3-13(8-14,9-15)16-12(17)10-4-6-11(18-2)7-5-10/h4-7H,3,8-9H2,1-2H3,(H,16,17). The second kappa shape index (κ2) is 7.27. The number of hydrogen-bond acceptors (Lipinski definition) is 2. The van der Waals surface area contributed by atoms with Gasteiger partial charge in [0.25, 0.3) is 5.91 Å². The molecule has 1 N–H and O–H groups in total. The van der Waals surface area contributed by atoms with Crippen LogP contribution in [-0.4, -0.2) is 29.5 Å². The van der Waals surface area contributed by atoms with Crippen molar-refractivity contribution in [2.45, 2.75) is 23.8 Å². The number of rotatable bonds is 6. The summed E-state index contributed by atoms with van der Waals surface area (Å²) in [7, 11) is 0. The van der Waals surface area contributed by atoms with Gasteiger partial charge in [-0.2, -0.15) is 0 Å². The number of amides is 1. The Kier molecular flexibility index (Phi) is 6.33. The molecule has 0 saturated carbocycles. The van der Waals surface area contributed by atoms with Crippen LogP contribution < -0.4 is 5.32 Å². The van der Waals surface area contributed by atoms with Crippen LogP contribution in [0.2, 0.25) is 0 Å². The van der Waals surface area contributed by atoms with Crippen LogP contribution >= 0.6 is 35.0 Å². The number of carbonyl (C=O) groups excluding carboxylic acids is 1. The molecule has 0 aromatic heterocycles. The minimum absolute atomic E-state index is 0.134. The maximum absolute atomic E-state index is 12.1. The third-order valence-electron chi connectivity index (χ3n) is 2.92. The SMILES string of the molecule is CCC(CCl)(CCl)NC(=O)c1ccc(SC)cc1. The highest BCUT2D eigenvalue weighted by atomic mass is 35.5. The first-order valence-electron chi connectivity index (χ1n) is 5.69. The largest absolute Gasteiger partial charge is 0.344 e. The highest BCUT2D eigenvalue weighted by Crippen LogP contribution is 2.18. The predicted octanol–water partition coefficient (Wildman–Crippen LogP) is 3.76. The normalized spacial score (nSPS) is 11.3. The zero-order chi connectivity index (χ0) is 13.6. The molecule has 0 unspecified atom stereocenters. The molecule has 0 bridgehead atoms. The Morgan fingerprint density at radius 1 is 1.28 bits per heavy atom. The summed E-state index contributed by atoms with van der Waals surface area (Å²) < 4.78 is 0. The third kappa shape index (κ3) is 3.81. The van der Waals surface area contributed by atoms with Crippen LogP contribution in [0.25, 0.3) is 0 Å². The Bertz CT molecular complexity index is 382. The molecule has 1 rings (SSSR count). The molecule has 100 valence electrons. The Morgan fingerprint density at radius 3 is 2.22 bits per heavy atom.